The maximum absolute atomic E-state index is 12.1. The molecule has 0 spiro atoms. The van der Waals surface area contributed by atoms with Gasteiger partial charge in [0.05, 0.1) is 12.8 Å². The second kappa shape index (κ2) is 7.67. The molecular weight excluding hydrogens is 382 g/mol. The van der Waals surface area contributed by atoms with Crippen molar-refractivity contribution in [3.63, 3.8) is 0 Å². The van der Waals surface area contributed by atoms with Gasteiger partial charge in [0, 0.05) is 29.1 Å². The SMILES string of the molecule is CS(=O)(=O)N(CC(=O)Nc1cccc(Br)c1)Cc1ccncc1. The molecular formula is C15H16BrN3O3S. The number of pyridine rings is 1. The van der Waals surface area contributed by atoms with Gasteiger partial charge in [-0.1, -0.05) is 22.0 Å². The first-order chi connectivity index (χ1) is 10.8. The minimum Gasteiger partial charge on any atom is -0.325 e. The number of nitrogens with one attached hydrogen (secondary N) is 1. The quantitative estimate of drug-likeness (QED) is 0.810. The number of benzene rings is 1. The van der Waals surface area contributed by atoms with E-state index in [1.807, 2.05) is 6.07 Å². The van der Waals surface area contributed by atoms with Crippen molar-refractivity contribution < 1.29 is 13.2 Å². The van der Waals surface area contributed by atoms with Crippen LogP contribution in [-0.2, 0) is 21.4 Å². The van der Waals surface area contributed by atoms with Gasteiger partial charge >= 0.3 is 0 Å². The zero-order valence-corrected chi connectivity index (χ0v) is 14.8. The number of aromatic nitrogens is 1. The van der Waals surface area contributed by atoms with Crippen LogP contribution in [0.1, 0.15) is 5.56 Å². The van der Waals surface area contributed by atoms with Gasteiger partial charge in [-0.15, -0.1) is 0 Å². The van der Waals surface area contributed by atoms with Gasteiger partial charge in [-0.05, 0) is 35.9 Å². The Hall–Kier alpha value is -1.77. The first kappa shape index (κ1) is 17.6. The standard InChI is InChI=1S/C15H16BrN3O3S/c1-23(21,22)19(10-12-5-7-17-8-6-12)11-15(20)18-14-4-2-3-13(16)9-14/h2-9H,10-11H2,1H3,(H,18,20). The number of carbonyl (C=O) groups is 1. The molecule has 8 heteroatoms. The van der Waals surface area contributed by atoms with Crippen LogP contribution in [0.25, 0.3) is 0 Å². The van der Waals surface area contributed by atoms with E-state index in [1.54, 1.807) is 42.7 Å². The molecule has 6 nitrogen and oxygen atoms in total. The van der Waals surface area contributed by atoms with Crippen LogP contribution in [0.2, 0.25) is 0 Å². The molecule has 0 aliphatic heterocycles. The number of nitrogens with zero attached hydrogens (tertiary/aromatic N) is 2. The van der Waals surface area contributed by atoms with Gasteiger partial charge in [-0.3, -0.25) is 9.78 Å². The first-order valence-corrected chi connectivity index (χ1v) is 9.38. The summed E-state index contributed by atoms with van der Waals surface area (Å²) in [6, 6.07) is 10.5. The number of anilines is 1. The number of carbonyl (C=O) groups excluding carboxylic acids is 1. The van der Waals surface area contributed by atoms with Crippen molar-refractivity contribution in [1.29, 1.82) is 0 Å². The summed E-state index contributed by atoms with van der Waals surface area (Å²) in [4.78, 5) is 16.0. The van der Waals surface area contributed by atoms with E-state index in [4.69, 9.17) is 0 Å². The van der Waals surface area contributed by atoms with Crippen molar-refractivity contribution in [2.75, 3.05) is 18.1 Å². The van der Waals surface area contributed by atoms with Crippen LogP contribution in [0.15, 0.2) is 53.3 Å². The summed E-state index contributed by atoms with van der Waals surface area (Å²) in [5.74, 6) is -0.400. The number of hydrogen-bond acceptors (Lipinski definition) is 4. The lowest BCUT2D eigenvalue weighted by atomic mass is 10.3. The Morgan fingerprint density at radius 2 is 1.96 bits per heavy atom. The Labute approximate surface area is 143 Å². The molecule has 0 aliphatic rings. The molecule has 2 aromatic rings. The Bertz CT molecular complexity index is 782. The molecule has 1 aromatic carbocycles. The zero-order valence-electron chi connectivity index (χ0n) is 12.4. The largest absolute Gasteiger partial charge is 0.325 e. The number of hydrogen-bond donors (Lipinski definition) is 1. The van der Waals surface area contributed by atoms with Crippen LogP contribution < -0.4 is 5.32 Å². The van der Waals surface area contributed by atoms with Crippen molar-refractivity contribution in [1.82, 2.24) is 9.29 Å². The fourth-order valence-corrected chi connectivity index (χ4v) is 3.04. The number of rotatable bonds is 6. The Morgan fingerprint density at radius 3 is 2.57 bits per heavy atom. The maximum atomic E-state index is 12.1. The van der Waals surface area contributed by atoms with E-state index in [1.165, 1.54) is 0 Å². The second-order valence-electron chi connectivity index (χ2n) is 4.95. The molecule has 0 aliphatic carbocycles. The first-order valence-electron chi connectivity index (χ1n) is 6.74. The van der Waals surface area contributed by atoms with Crippen LogP contribution in [0.4, 0.5) is 5.69 Å². The van der Waals surface area contributed by atoms with Gasteiger partial charge < -0.3 is 5.32 Å². The number of amides is 1. The van der Waals surface area contributed by atoms with Gasteiger partial charge in [0.25, 0.3) is 0 Å². The molecule has 1 N–H and O–H groups in total. The van der Waals surface area contributed by atoms with Gasteiger partial charge in [0.2, 0.25) is 15.9 Å². The lowest BCUT2D eigenvalue weighted by Crippen LogP contribution is -2.36. The molecule has 0 bridgehead atoms. The summed E-state index contributed by atoms with van der Waals surface area (Å²) in [6.07, 6.45) is 4.25. The smallest absolute Gasteiger partial charge is 0.239 e. The maximum Gasteiger partial charge on any atom is 0.239 e. The normalized spacial score (nSPS) is 11.4. The molecule has 0 atom stereocenters. The third-order valence-electron chi connectivity index (χ3n) is 3.01. The van der Waals surface area contributed by atoms with E-state index in [0.29, 0.717) is 5.69 Å². The molecule has 0 fully saturated rings. The van der Waals surface area contributed by atoms with Crippen LogP contribution in [-0.4, -0.2) is 36.4 Å². The van der Waals surface area contributed by atoms with Crippen LogP contribution in [0, 0.1) is 0 Å². The topological polar surface area (TPSA) is 79.4 Å². The minimum absolute atomic E-state index is 0.118. The summed E-state index contributed by atoms with van der Waals surface area (Å²) in [6.45, 7) is -0.138. The zero-order chi connectivity index (χ0) is 16.9. The summed E-state index contributed by atoms with van der Waals surface area (Å²) in [7, 11) is -3.52. The van der Waals surface area contributed by atoms with E-state index in [0.717, 1.165) is 20.6 Å². The van der Waals surface area contributed by atoms with E-state index in [9.17, 15) is 13.2 Å². The Balaban J connectivity index is 2.07. The lowest BCUT2D eigenvalue weighted by molar-refractivity contribution is -0.116. The molecule has 0 radical (unpaired) electrons. The Kier molecular flexibility index (Phi) is 5.86. The van der Waals surface area contributed by atoms with Crippen molar-refractivity contribution >= 4 is 37.5 Å². The predicted molar refractivity (Wildman–Crippen MR) is 92.3 cm³/mol. The molecule has 1 aromatic heterocycles. The average Bonchev–Trinajstić information content (AvgIpc) is 2.46. The summed E-state index contributed by atoms with van der Waals surface area (Å²) < 4.78 is 25.7. The highest BCUT2D eigenvalue weighted by Gasteiger charge is 2.20. The molecule has 2 rings (SSSR count). The van der Waals surface area contributed by atoms with Crippen molar-refractivity contribution in [3.05, 3.63) is 58.8 Å². The minimum atomic E-state index is -3.52. The monoisotopic (exact) mass is 397 g/mol. The van der Waals surface area contributed by atoms with Crippen molar-refractivity contribution in [2.45, 2.75) is 6.54 Å². The number of halogens is 1. The highest BCUT2D eigenvalue weighted by Crippen LogP contribution is 2.16. The van der Waals surface area contributed by atoms with E-state index in [2.05, 4.69) is 26.2 Å². The second-order valence-corrected chi connectivity index (χ2v) is 7.84. The van der Waals surface area contributed by atoms with Gasteiger partial charge in [0.15, 0.2) is 0 Å². The molecule has 1 amide bonds. The summed E-state index contributed by atoms with van der Waals surface area (Å²) >= 11 is 3.32. The Morgan fingerprint density at radius 1 is 1.26 bits per heavy atom. The van der Waals surface area contributed by atoms with Gasteiger partial charge in [-0.2, -0.15) is 4.31 Å². The number of sulfonamides is 1. The summed E-state index contributed by atoms with van der Waals surface area (Å²) in [5, 5.41) is 2.68. The summed E-state index contributed by atoms with van der Waals surface area (Å²) in [5.41, 5.74) is 1.36. The highest BCUT2D eigenvalue weighted by molar-refractivity contribution is 9.10. The molecule has 23 heavy (non-hydrogen) atoms. The van der Waals surface area contributed by atoms with Crippen molar-refractivity contribution in [2.24, 2.45) is 0 Å². The molecule has 0 saturated heterocycles. The van der Waals surface area contributed by atoms with Crippen LogP contribution in [0.5, 0.6) is 0 Å². The fraction of sp³-hybridized carbons (Fsp3) is 0.200. The van der Waals surface area contributed by atoms with Crippen LogP contribution >= 0.6 is 15.9 Å². The average molecular weight is 398 g/mol. The van der Waals surface area contributed by atoms with Crippen molar-refractivity contribution in [3.8, 4) is 0 Å². The lowest BCUT2D eigenvalue weighted by Gasteiger charge is -2.19. The van der Waals surface area contributed by atoms with Crippen LogP contribution in [0.3, 0.4) is 0 Å². The molecule has 0 saturated carbocycles. The third kappa shape index (κ3) is 5.74. The molecule has 1 heterocycles. The van der Waals surface area contributed by atoms with Gasteiger partial charge in [0.1, 0.15) is 0 Å². The molecule has 122 valence electrons. The third-order valence-corrected chi connectivity index (χ3v) is 4.70. The van der Waals surface area contributed by atoms with E-state index in [-0.39, 0.29) is 13.1 Å². The molecule has 0 unspecified atom stereocenters. The fourth-order valence-electron chi connectivity index (χ4n) is 1.91. The predicted octanol–water partition coefficient (Wildman–Crippen LogP) is 2.24. The van der Waals surface area contributed by atoms with E-state index >= 15 is 0 Å². The van der Waals surface area contributed by atoms with E-state index < -0.39 is 15.9 Å². The van der Waals surface area contributed by atoms with Gasteiger partial charge in [-0.25, -0.2) is 8.42 Å². The highest BCUT2D eigenvalue weighted by atomic mass is 79.9.